The highest BCUT2D eigenvalue weighted by molar-refractivity contribution is 7.99. The number of aromatic nitrogens is 1. The summed E-state index contributed by atoms with van der Waals surface area (Å²) in [5.74, 6) is 1.51. The Morgan fingerprint density at radius 2 is 1.87 bits per heavy atom. The maximum absolute atomic E-state index is 13.1. The van der Waals surface area contributed by atoms with E-state index in [0.717, 1.165) is 55.2 Å². The number of nitrogens with zero attached hydrogens (tertiary/aromatic N) is 2. The molecule has 1 amide bonds. The van der Waals surface area contributed by atoms with E-state index in [9.17, 15) is 9.90 Å². The Kier molecular flexibility index (Phi) is 9.97. The molecule has 2 saturated carbocycles. The van der Waals surface area contributed by atoms with E-state index >= 15 is 0 Å². The van der Waals surface area contributed by atoms with Gasteiger partial charge < -0.3 is 15.3 Å². The molecule has 0 aromatic carbocycles. The maximum Gasteiger partial charge on any atom is 0.254 e. The summed E-state index contributed by atoms with van der Waals surface area (Å²) in [5.41, 5.74) is 0.746. The molecule has 3 rings (SSSR count). The van der Waals surface area contributed by atoms with Gasteiger partial charge in [0, 0.05) is 31.0 Å². The number of aliphatic hydroxyl groups is 1. The first-order chi connectivity index (χ1) is 15.1. The normalized spacial score (nSPS) is 18.8. The van der Waals surface area contributed by atoms with Crippen LogP contribution in [0.5, 0.6) is 0 Å². The molecule has 5 nitrogen and oxygen atoms in total. The smallest absolute Gasteiger partial charge is 0.254 e. The van der Waals surface area contributed by atoms with Crippen LogP contribution in [0.25, 0.3) is 0 Å². The highest BCUT2D eigenvalue weighted by Gasteiger charge is 2.24. The third kappa shape index (κ3) is 7.38. The maximum atomic E-state index is 13.1. The molecule has 1 heterocycles. The third-order valence-corrected chi connectivity index (χ3v) is 8.17. The summed E-state index contributed by atoms with van der Waals surface area (Å²) in [6, 6.07) is 4.33. The second-order valence-electron chi connectivity index (χ2n) is 9.34. The first-order valence-electron chi connectivity index (χ1n) is 12.4. The summed E-state index contributed by atoms with van der Waals surface area (Å²) >= 11 is 1.81. The largest absolute Gasteiger partial charge is 0.396 e. The molecule has 0 spiro atoms. The Hall–Kier alpha value is -1.27. The minimum Gasteiger partial charge on any atom is -0.396 e. The molecule has 0 saturated heterocycles. The fourth-order valence-corrected chi connectivity index (χ4v) is 6.04. The van der Waals surface area contributed by atoms with Gasteiger partial charge in [-0.05, 0) is 63.5 Å². The van der Waals surface area contributed by atoms with E-state index in [0.29, 0.717) is 17.2 Å². The van der Waals surface area contributed by atoms with Gasteiger partial charge in [0.15, 0.2) is 0 Å². The number of hydrogen-bond donors (Lipinski definition) is 2. The zero-order valence-electron chi connectivity index (χ0n) is 19.4. The van der Waals surface area contributed by atoms with Gasteiger partial charge in [-0.1, -0.05) is 39.0 Å². The highest BCUT2D eigenvalue weighted by Crippen LogP contribution is 2.36. The van der Waals surface area contributed by atoms with Gasteiger partial charge >= 0.3 is 0 Å². The Bertz CT molecular complexity index is 687. The van der Waals surface area contributed by atoms with Crippen LogP contribution in [-0.2, 0) is 0 Å². The lowest BCUT2D eigenvalue weighted by Gasteiger charge is -2.26. The molecule has 0 aliphatic heterocycles. The van der Waals surface area contributed by atoms with Crippen LogP contribution in [0.3, 0.4) is 0 Å². The highest BCUT2D eigenvalue weighted by atomic mass is 32.2. The fraction of sp³-hybridized carbons (Fsp3) is 0.760. The molecule has 2 N–H and O–H groups in total. The molecule has 1 unspecified atom stereocenters. The lowest BCUT2D eigenvalue weighted by molar-refractivity contribution is 0.0924. The first-order valence-corrected chi connectivity index (χ1v) is 13.3. The summed E-state index contributed by atoms with van der Waals surface area (Å²) in [5, 5.41) is 13.9. The molecule has 2 fully saturated rings. The summed E-state index contributed by atoms with van der Waals surface area (Å²) in [4.78, 5) is 20.5. The van der Waals surface area contributed by atoms with Gasteiger partial charge in [0.05, 0.1) is 5.56 Å². The fourth-order valence-electron chi connectivity index (χ4n) is 4.72. The Labute approximate surface area is 192 Å². The minimum atomic E-state index is 0.0473. The number of carbonyl (C=O) groups excluding carboxylic acids is 1. The lowest BCUT2D eigenvalue weighted by Crippen LogP contribution is -2.36. The van der Waals surface area contributed by atoms with Gasteiger partial charge in [0.25, 0.3) is 5.91 Å². The van der Waals surface area contributed by atoms with Crippen molar-refractivity contribution in [1.82, 2.24) is 10.3 Å². The molecule has 174 valence electrons. The van der Waals surface area contributed by atoms with Crippen molar-refractivity contribution < 1.29 is 9.90 Å². The van der Waals surface area contributed by atoms with Crippen LogP contribution in [0, 0.1) is 5.92 Å². The van der Waals surface area contributed by atoms with Crippen molar-refractivity contribution in [2.75, 3.05) is 24.6 Å². The molecule has 6 heteroatoms. The monoisotopic (exact) mass is 447 g/mol. The van der Waals surface area contributed by atoms with Crippen molar-refractivity contribution in [3.8, 4) is 0 Å². The van der Waals surface area contributed by atoms with Crippen LogP contribution >= 0.6 is 11.8 Å². The number of amides is 1. The standard InChI is InChI=1S/C25H41N3O2S/c1-3-28(17-15-19(2)16-18-29)23-14-13-22(24(30)26-20-9-5-4-6-10-20)25(27-23)31-21-11-7-8-12-21/h13-14,19-21,29H,3-12,15-18H2,1-2H3,(H,26,30). The number of hydrogen-bond acceptors (Lipinski definition) is 5. The van der Waals surface area contributed by atoms with E-state index in [1.54, 1.807) is 0 Å². The number of carbonyl (C=O) groups is 1. The van der Waals surface area contributed by atoms with Crippen molar-refractivity contribution in [1.29, 1.82) is 0 Å². The molecule has 2 aliphatic rings. The Morgan fingerprint density at radius 3 is 2.55 bits per heavy atom. The predicted molar refractivity (Wildman–Crippen MR) is 130 cm³/mol. The Morgan fingerprint density at radius 1 is 1.16 bits per heavy atom. The summed E-state index contributed by atoms with van der Waals surface area (Å²) in [7, 11) is 0. The van der Waals surface area contributed by atoms with E-state index in [1.165, 1.54) is 44.9 Å². The third-order valence-electron chi connectivity index (χ3n) is 6.83. The lowest BCUT2D eigenvalue weighted by atomic mass is 9.95. The first kappa shape index (κ1) is 24.4. The number of thioether (sulfide) groups is 1. The Balaban J connectivity index is 1.75. The predicted octanol–water partition coefficient (Wildman–Crippen LogP) is 5.41. The zero-order valence-corrected chi connectivity index (χ0v) is 20.3. The van der Waals surface area contributed by atoms with Crippen LogP contribution in [-0.4, -0.2) is 47.0 Å². The van der Waals surface area contributed by atoms with Crippen molar-refractivity contribution >= 4 is 23.5 Å². The van der Waals surface area contributed by atoms with Crippen molar-refractivity contribution in [3.05, 3.63) is 17.7 Å². The summed E-state index contributed by atoms with van der Waals surface area (Å²) in [6.07, 6.45) is 12.8. The van der Waals surface area contributed by atoms with Gasteiger partial charge in [0.2, 0.25) is 0 Å². The number of rotatable bonds is 11. The van der Waals surface area contributed by atoms with Gasteiger partial charge in [-0.3, -0.25) is 4.79 Å². The second kappa shape index (κ2) is 12.7. The number of anilines is 1. The van der Waals surface area contributed by atoms with Crippen LogP contribution in [0.2, 0.25) is 0 Å². The summed E-state index contributed by atoms with van der Waals surface area (Å²) < 4.78 is 0. The van der Waals surface area contributed by atoms with Gasteiger partial charge in [0.1, 0.15) is 10.8 Å². The molecule has 1 aromatic rings. The average molecular weight is 448 g/mol. The SMILES string of the molecule is CCN(CCC(C)CCO)c1ccc(C(=O)NC2CCCCC2)c(SC2CCCC2)n1. The second-order valence-corrected chi connectivity index (χ2v) is 10.6. The van der Waals surface area contributed by atoms with Crippen molar-refractivity contribution in [2.24, 2.45) is 5.92 Å². The van der Waals surface area contributed by atoms with Gasteiger partial charge in [-0.2, -0.15) is 0 Å². The average Bonchev–Trinajstić information content (AvgIpc) is 3.28. The van der Waals surface area contributed by atoms with E-state index in [4.69, 9.17) is 4.98 Å². The molecule has 1 atom stereocenters. The van der Waals surface area contributed by atoms with Crippen molar-refractivity contribution in [2.45, 2.75) is 101 Å². The molecular formula is C25H41N3O2S. The molecule has 1 aromatic heterocycles. The number of aliphatic hydroxyl groups excluding tert-OH is 1. The van der Waals surface area contributed by atoms with Crippen LogP contribution in [0.15, 0.2) is 17.2 Å². The molecular weight excluding hydrogens is 406 g/mol. The molecule has 2 aliphatic carbocycles. The van der Waals surface area contributed by atoms with Gasteiger partial charge in [-0.25, -0.2) is 4.98 Å². The topological polar surface area (TPSA) is 65.5 Å². The van der Waals surface area contributed by atoms with Crippen LogP contribution < -0.4 is 10.2 Å². The molecule has 0 bridgehead atoms. The van der Waals surface area contributed by atoms with Crippen LogP contribution in [0.4, 0.5) is 5.82 Å². The zero-order chi connectivity index (χ0) is 22.1. The van der Waals surface area contributed by atoms with E-state index < -0.39 is 0 Å². The molecule has 0 radical (unpaired) electrons. The van der Waals surface area contributed by atoms with Crippen LogP contribution in [0.1, 0.15) is 94.8 Å². The minimum absolute atomic E-state index is 0.0473. The number of pyridine rings is 1. The van der Waals surface area contributed by atoms with E-state index in [1.807, 2.05) is 23.9 Å². The molecule has 31 heavy (non-hydrogen) atoms. The van der Waals surface area contributed by atoms with Gasteiger partial charge in [-0.15, -0.1) is 11.8 Å². The summed E-state index contributed by atoms with van der Waals surface area (Å²) in [6.45, 7) is 6.41. The van der Waals surface area contributed by atoms with Crippen molar-refractivity contribution in [3.63, 3.8) is 0 Å². The quantitative estimate of drug-likeness (QED) is 0.474. The van der Waals surface area contributed by atoms with E-state index in [-0.39, 0.29) is 12.5 Å². The van der Waals surface area contributed by atoms with E-state index in [2.05, 4.69) is 24.1 Å². The number of nitrogens with one attached hydrogen (secondary N) is 1.